The zero-order chi connectivity index (χ0) is 22.3. The number of benzene rings is 1. The van der Waals surface area contributed by atoms with Crippen LogP contribution < -0.4 is 15.4 Å². The van der Waals surface area contributed by atoms with Gasteiger partial charge in [-0.05, 0) is 64.0 Å². The van der Waals surface area contributed by atoms with Gasteiger partial charge in [-0.15, -0.1) is 13.2 Å². The first-order valence-electron chi connectivity index (χ1n) is 10.2. The second kappa shape index (κ2) is 15.1. The van der Waals surface area contributed by atoms with Crippen molar-refractivity contribution < 1.29 is 22.7 Å². The fourth-order valence-electron chi connectivity index (χ4n) is 3.08. The number of halogens is 3. The van der Waals surface area contributed by atoms with Gasteiger partial charge in [-0.3, -0.25) is 4.79 Å². The summed E-state index contributed by atoms with van der Waals surface area (Å²) in [7, 11) is 3.68. The summed E-state index contributed by atoms with van der Waals surface area (Å²) >= 11 is 0. The lowest BCUT2D eigenvalue weighted by atomic mass is 9.99. The van der Waals surface area contributed by atoms with Crippen molar-refractivity contribution >= 4 is 5.91 Å². The van der Waals surface area contributed by atoms with Crippen molar-refractivity contribution in [3.05, 3.63) is 29.8 Å². The summed E-state index contributed by atoms with van der Waals surface area (Å²) in [5, 5.41) is 5.97. The normalized spacial score (nSPS) is 16.1. The summed E-state index contributed by atoms with van der Waals surface area (Å²) in [5.41, 5.74) is 0.745. The lowest BCUT2D eigenvalue weighted by Crippen LogP contribution is -2.43. The fourth-order valence-corrected chi connectivity index (χ4v) is 3.08. The third-order valence-corrected chi connectivity index (χ3v) is 4.27. The van der Waals surface area contributed by atoms with E-state index >= 15 is 0 Å². The predicted molar refractivity (Wildman–Crippen MR) is 111 cm³/mol. The third-order valence-electron chi connectivity index (χ3n) is 4.27. The summed E-state index contributed by atoms with van der Waals surface area (Å²) in [6, 6.07) is 6.35. The van der Waals surface area contributed by atoms with Crippen molar-refractivity contribution in [1.29, 1.82) is 0 Å². The smallest absolute Gasteiger partial charge is 0.406 e. The molecule has 1 unspecified atom stereocenters. The second-order valence-corrected chi connectivity index (χ2v) is 6.48. The highest BCUT2D eigenvalue weighted by Gasteiger charge is 2.31. The first kappa shape index (κ1) is 27.2. The van der Waals surface area contributed by atoms with Crippen LogP contribution in [0.2, 0.25) is 0 Å². The Labute approximate surface area is 173 Å². The van der Waals surface area contributed by atoms with E-state index in [-0.39, 0.29) is 11.7 Å². The van der Waals surface area contributed by atoms with Crippen LogP contribution in [0.4, 0.5) is 13.2 Å². The van der Waals surface area contributed by atoms with E-state index in [1.165, 1.54) is 37.5 Å². The van der Waals surface area contributed by atoms with E-state index in [9.17, 15) is 18.0 Å². The minimum Gasteiger partial charge on any atom is -0.406 e. The minimum atomic E-state index is -4.63. The number of nitrogens with one attached hydrogen (secondary N) is 2. The van der Waals surface area contributed by atoms with Crippen molar-refractivity contribution in [3.63, 3.8) is 0 Å². The molecule has 1 aromatic rings. The van der Waals surface area contributed by atoms with Crippen LogP contribution in [0.15, 0.2) is 24.3 Å². The molecule has 0 radical (unpaired) electrons. The van der Waals surface area contributed by atoms with Gasteiger partial charge in [0.2, 0.25) is 5.91 Å². The maximum absolute atomic E-state index is 11.8. The van der Waals surface area contributed by atoms with Crippen molar-refractivity contribution in [1.82, 2.24) is 15.5 Å². The topological polar surface area (TPSA) is 53.6 Å². The Bertz CT molecular complexity index is 568. The third kappa shape index (κ3) is 12.4. The van der Waals surface area contributed by atoms with Crippen LogP contribution in [0.5, 0.6) is 5.75 Å². The highest BCUT2D eigenvalue weighted by atomic mass is 19.4. The van der Waals surface area contributed by atoms with Gasteiger partial charge in [0.15, 0.2) is 0 Å². The summed E-state index contributed by atoms with van der Waals surface area (Å²) in [4.78, 5) is 13.3. The Morgan fingerprint density at radius 3 is 2.45 bits per heavy atom. The molecule has 2 rings (SSSR count). The summed E-state index contributed by atoms with van der Waals surface area (Å²) < 4.78 is 39.2. The molecule has 168 valence electrons. The Hall–Kier alpha value is -1.80. The molecule has 1 aromatic carbocycles. The molecule has 0 spiro atoms. The van der Waals surface area contributed by atoms with Crippen LogP contribution >= 0.6 is 0 Å². The Balaban J connectivity index is 0.000000499. The predicted octanol–water partition coefficient (Wildman–Crippen LogP) is 4.33. The van der Waals surface area contributed by atoms with Gasteiger partial charge < -0.3 is 20.3 Å². The van der Waals surface area contributed by atoms with Crippen molar-refractivity contribution in [2.24, 2.45) is 0 Å². The Morgan fingerprint density at radius 1 is 1.21 bits per heavy atom. The van der Waals surface area contributed by atoms with Crippen molar-refractivity contribution in [3.8, 4) is 5.75 Å². The van der Waals surface area contributed by atoms with E-state index in [1.54, 1.807) is 20.0 Å². The largest absolute Gasteiger partial charge is 0.573 e. The quantitative estimate of drug-likeness (QED) is 0.721. The molecule has 1 atom stereocenters. The van der Waals surface area contributed by atoms with Gasteiger partial charge in [0, 0.05) is 26.1 Å². The number of amides is 1. The Kier molecular flexibility index (Phi) is 14.2. The number of ether oxygens (including phenoxy) is 1. The Morgan fingerprint density at radius 2 is 1.90 bits per heavy atom. The molecule has 1 fully saturated rings. The maximum atomic E-state index is 11.8. The van der Waals surface area contributed by atoms with Crippen molar-refractivity contribution in [2.75, 3.05) is 27.2 Å². The van der Waals surface area contributed by atoms with Gasteiger partial charge >= 0.3 is 6.36 Å². The first-order chi connectivity index (χ1) is 13.8. The van der Waals surface area contributed by atoms with E-state index in [2.05, 4.69) is 15.4 Å². The SMILES string of the molecule is CC.CNCCC1CCCCN1C(C)=O.CNCc1cccc(OC(F)(F)F)c1. The van der Waals surface area contributed by atoms with Crippen LogP contribution in [0.1, 0.15) is 52.0 Å². The number of carbonyl (C=O) groups excluding carboxylic acids is 1. The molecule has 0 bridgehead atoms. The lowest BCUT2D eigenvalue weighted by Gasteiger charge is -2.35. The van der Waals surface area contributed by atoms with E-state index in [1.807, 2.05) is 25.8 Å². The molecule has 8 heteroatoms. The number of likely N-dealkylation sites (tertiary alicyclic amines) is 1. The average molecular weight is 420 g/mol. The molecule has 5 nitrogen and oxygen atoms in total. The number of nitrogens with zero attached hydrogens (tertiary/aromatic N) is 1. The van der Waals surface area contributed by atoms with Crippen LogP contribution in [-0.4, -0.2) is 50.4 Å². The zero-order valence-corrected chi connectivity index (χ0v) is 18.2. The highest BCUT2D eigenvalue weighted by Crippen LogP contribution is 2.23. The highest BCUT2D eigenvalue weighted by molar-refractivity contribution is 5.73. The van der Waals surface area contributed by atoms with Crippen molar-refractivity contribution in [2.45, 2.75) is 65.4 Å². The number of hydrogen-bond acceptors (Lipinski definition) is 4. The molecule has 1 aliphatic heterocycles. The van der Waals surface area contributed by atoms with Gasteiger partial charge in [0.25, 0.3) is 0 Å². The van der Waals surface area contributed by atoms with Gasteiger partial charge in [-0.25, -0.2) is 0 Å². The monoisotopic (exact) mass is 419 g/mol. The minimum absolute atomic E-state index is 0.190. The molecule has 1 amide bonds. The number of hydrogen-bond donors (Lipinski definition) is 2. The molecule has 0 saturated carbocycles. The average Bonchev–Trinajstić information content (AvgIpc) is 2.68. The number of piperidine rings is 1. The molecule has 2 N–H and O–H groups in total. The summed E-state index contributed by atoms with van der Waals surface area (Å²) in [6.07, 6.45) is 0.101. The second-order valence-electron chi connectivity index (χ2n) is 6.48. The van der Waals surface area contributed by atoms with E-state index < -0.39 is 6.36 Å². The fraction of sp³-hybridized carbons (Fsp3) is 0.667. The molecule has 1 saturated heterocycles. The summed E-state index contributed by atoms with van der Waals surface area (Å²) in [6.45, 7) is 8.16. The molecule has 29 heavy (non-hydrogen) atoms. The summed E-state index contributed by atoms with van der Waals surface area (Å²) in [5.74, 6) is 0.0473. The number of carbonyl (C=O) groups is 1. The van der Waals surface area contributed by atoms with E-state index in [0.29, 0.717) is 12.6 Å². The molecule has 1 aliphatic rings. The zero-order valence-electron chi connectivity index (χ0n) is 18.2. The van der Waals surface area contributed by atoms with E-state index in [0.717, 1.165) is 25.1 Å². The van der Waals surface area contributed by atoms with Crippen LogP contribution in [0.25, 0.3) is 0 Å². The van der Waals surface area contributed by atoms with Gasteiger partial charge in [0.1, 0.15) is 5.75 Å². The van der Waals surface area contributed by atoms with Gasteiger partial charge in [-0.1, -0.05) is 26.0 Å². The lowest BCUT2D eigenvalue weighted by molar-refractivity contribution is -0.274. The molecular formula is C21H36F3N3O2. The first-order valence-corrected chi connectivity index (χ1v) is 10.2. The van der Waals surface area contributed by atoms with Crippen LogP contribution in [0.3, 0.4) is 0 Å². The van der Waals surface area contributed by atoms with Crippen LogP contribution in [0, 0.1) is 0 Å². The number of alkyl halides is 3. The van der Waals surface area contributed by atoms with Gasteiger partial charge in [0.05, 0.1) is 0 Å². The standard InChI is InChI=1S/C10H20N2O.C9H10F3NO.C2H6/c1-9(13)12-8-4-3-5-10(12)6-7-11-2;1-13-6-7-3-2-4-8(5-7)14-9(10,11)12;1-2/h10-11H,3-8H2,1-2H3;2-5,13H,6H2,1H3;1-2H3. The molecule has 0 aliphatic carbocycles. The molecule has 0 aromatic heterocycles. The molecule has 1 heterocycles. The maximum Gasteiger partial charge on any atom is 0.573 e. The molecular weight excluding hydrogens is 383 g/mol. The number of rotatable bonds is 6. The van der Waals surface area contributed by atoms with Gasteiger partial charge in [-0.2, -0.15) is 0 Å². The van der Waals surface area contributed by atoms with E-state index in [4.69, 9.17) is 0 Å². The van der Waals surface area contributed by atoms with Crippen LogP contribution in [-0.2, 0) is 11.3 Å².